The molecule has 0 fully saturated rings. The van der Waals surface area contributed by atoms with Crippen LogP contribution in [0.4, 0.5) is 0 Å². The van der Waals surface area contributed by atoms with Gasteiger partial charge >= 0.3 is 5.97 Å². The van der Waals surface area contributed by atoms with Crippen molar-refractivity contribution in [2.24, 2.45) is 0 Å². The molecule has 7 nitrogen and oxygen atoms in total. The number of carbonyl (C=O) groups is 2. The van der Waals surface area contributed by atoms with Crippen molar-refractivity contribution in [3.8, 4) is 28.5 Å². The highest BCUT2D eigenvalue weighted by Gasteiger charge is 2.18. The summed E-state index contributed by atoms with van der Waals surface area (Å²) in [6, 6.07) is 19.6. The van der Waals surface area contributed by atoms with E-state index in [2.05, 4.69) is 0 Å². The second-order valence-electron chi connectivity index (χ2n) is 7.80. The molecule has 0 N–H and O–H groups in total. The molecule has 3 aromatic carbocycles. The van der Waals surface area contributed by atoms with Crippen LogP contribution in [0.5, 0.6) is 17.2 Å². The first-order valence-corrected chi connectivity index (χ1v) is 10.9. The van der Waals surface area contributed by atoms with Crippen LogP contribution in [0, 0.1) is 0 Å². The third-order valence-electron chi connectivity index (χ3n) is 5.66. The topological polar surface area (TPSA) is 84.0 Å². The molecule has 4 rings (SSSR count). The van der Waals surface area contributed by atoms with Gasteiger partial charge in [-0.1, -0.05) is 18.2 Å². The van der Waals surface area contributed by atoms with Gasteiger partial charge in [0.05, 0.1) is 38.1 Å². The fourth-order valence-corrected chi connectivity index (χ4v) is 3.82. The second-order valence-corrected chi connectivity index (χ2v) is 7.80. The third kappa shape index (κ3) is 4.94. The standard InChI is InChI=1S/C28H25NO6/c1-17(30)18-9-11-25(32-2)20(13-18)16-35-28(31)22-15-24(29-23-8-6-5-7-21(22)23)19-10-12-26(33-3)27(14-19)34-4/h5-15H,16H2,1-4H3. The van der Waals surface area contributed by atoms with Crippen LogP contribution < -0.4 is 14.2 Å². The fraction of sp³-hybridized carbons (Fsp3) is 0.179. The first-order chi connectivity index (χ1) is 16.9. The van der Waals surface area contributed by atoms with Crippen molar-refractivity contribution in [2.45, 2.75) is 13.5 Å². The van der Waals surface area contributed by atoms with E-state index in [1.807, 2.05) is 36.4 Å². The minimum absolute atomic E-state index is 0.0501. The summed E-state index contributed by atoms with van der Waals surface area (Å²) in [7, 11) is 4.66. The van der Waals surface area contributed by atoms with E-state index in [1.165, 1.54) is 14.0 Å². The molecule has 0 aliphatic heterocycles. The minimum Gasteiger partial charge on any atom is -0.496 e. The van der Waals surface area contributed by atoms with E-state index in [4.69, 9.17) is 23.9 Å². The van der Waals surface area contributed by atoms with Crippen LogP contribution in [-0.2, 0) is 11.3 Å². The lowest BCUT2D eigenvalue weighted by atomic mass is 10.0. The molecule has 7 heteroatoms. The Bertz CT molecular complexity index is 1410. The number of ether oxygens (including phenoxy) is 4. The average Bonchev–Trinajstić information content (AvgIpc) is 2.90. The number of ketones is 1. The number of Topliss-reactive ketones (excluding diaryl/α,β-unsaturated/α-hetero) is 1. The number of carbonyl (C=O) groups excluding carboxylic acids is 2. The molecule has 0 saturated carbocycles. The summed E-state index contributed by atoms with van der Waals surface area (Å²) in [5.41, 5.74) is 3.50. The van der Waals surface area contributed by atoms with Crippen LogP contribution in [0.15, 0.2) is 66.7 Å². The van der Waals surface area contributed by atoms with Crippen LogP contribution in [0.2, 0.25) is 0 Å². The van der Waals surface area contributed by atoms with Gasteiger partial charge in [-0.3, -0.25) is 4.79 Å². The van der Waals surface area contributed by atoms with Crippen LogP contribution in [-0.4, -0.2) is 38.1 Å². The summed E-state index contributed by atoms with van der Waals surface area (Å²) in [5, 5.41) is 0.672. The molecule has 0 atom stereocenters. The molecule has 1 aromatic heterocycles. The van der Waals surface area contributed by atoms with Crippen molar-refractivity contribution < 1.29 is 28.5 Å². The van der Waals surface area contributed by atoms with Crippen molar-refractivity contribution in [3.05, 3.63) is 83.4 Å². The van der Waals surface area contributed by atoms with Crippen molar-refractivity contribution in [2.75, 3.05) is 21.3 Å². The maximum absolute atomic E-state index is 13.3. The van der Waals surface area contributed by atoms with Crippen molar-refractivity contribution in [1.82, 2.24) is 4.98 Å². The minimum atomic E-state index is -0.513. The van der Waals surface area contributed by atoms with Gasteiger partial charge in [-0.05, 0) is 55.5 Å². The van der Waals surface area contributed by atoms with E-state index in [9.17, 15) is 9.59 Å². The van der Waals surface area contributed by atoms with Gasteiger partial charge in [0.15, 0.2) is 17.3 Å². The van der Waals surface area contributed by atoms with Gasteiger partial charge in [0, 0.05) is 22.1 Å². The van der Waals surface area contributed by atoms with Gasteiger partial charge in [-0.25, -0.2) is 9.78 Å². The first-order valence-electron chi connectivity index (χ1n) is 10.9. The molecule has 1 heterocycles. The Morgan fingerprint density at radius 2 is 1.51 bits per heavy atom. The van der Waals surface area contributed by atoms with E-state index in [1.54, 1.807) is 44.6 Å². The maximum atomic E-state index is 13.3. The Labute approximate surface area is 203 Å². The normalized spacial score (nSPS) is 10.6. The quantitative estimate of drug-likeness (QED) is 0.248. The van der Waals surface area contributed by atoms with E-state index >= 15 is 0 Å². The molecule has 0 aliphatic carbocycles. The zero-order valence-electron chi connectivity index (χ0n) is 20.0. The highest BCUT2D eigenvalue weighted by Crippen LogP contribution is 2.33. The van der Waals surface area contributed by atoms with Crippen LogP contribution in [0.25, 0.3) is 22.2 Å². The number of aromatic nitrogens is 1. The van der Waals surface area contributed by atoms with Gasteiger partial charge in [0.1, 0.15) is 12.4 Å². The van der Waals surface area contributed by atoms with E-state index < -0.39 is 5.97 Å². The number of nitrogens with zero attached hydrogens (tertiary/aromatic N) is 1. The predicted molar refractivity (Wildman–Crippen MR) is 132 cm³/mol. The third-order valence-corrected chi connectivity index (χ3v) is 5.66. The zero-order valence-corrected chi connectivity index (χ0v) is 20.0. The average molecular weight is 472 g/mol. The van der Waals surface area contributed by atoms with Crippen molar-refractivity contribution in [3.63, 3.8) is 0 Å². The number of hydrogen-bond donors (Lipinski definition) is 0. The largest absolute Gasteiger partial charge is 0.496 e. The maximum Gasteiger partial charge on any atom is 0.339 e. The number of methoxy groups -OCH3 is 3. The molecule has 0 radical (unpaired) electrons. The number of fused-ring (bicyclic) bond motifs is 1. The number of esters is 1. The molecular formula is C28H25NO6. The molecule has 178 valence electrons. The summed E-state index contributed by atoms with van der Waals surface area (Å²) in [5.74, 6) is 1.09. The Morgan fingerprint density at radius 3 is 2.23 bits per heavy atom. The van der Waals surface area contributed by atoms with Crippen molar-refractivity contribution in [1.29, 1.82) is 0 Å². The number of rotatable bonds is 8. The summed E-state index contributed by atoms with van der Waals surface area (Å²) in [4.78, 5) is 29.8. The number of hydrogen-bond acceptors (Lipinski definition) is 7. The van der Waals surface area contributed by atoms with Gasteiger partial charge in [0.25, 0.3) is 0 Å². The smallest absolute Gasteiger partial charge is 0.339 e. The highest BCUT2D eigenvalue weighted by atomic mass is 16.5. The molecule has 4 aromatic rings. The first kappa shape index (κ1) is 23.8. The van der Waals surface area contributed by atoms with Crippen LogP contribution in [0.1, 0.15) is 33.2 Å². The molecule has 0 amide bonds. The number of benzene rings is 3. The Hall–Kier alpha value is -4.39. The SMILES string of the molecule is COc1ccc(C(C)=O)cc1COC(=O)c1cc(-c2ccc(OC)c(OC)c2)nc2ccccc12. The Morgan fingerprint density at radius 1 is 0.800 bits per heavy atom. The molecule has 0 saturated heterocycles. The van der Waals surface area contributed by atoms with E-state index in [-0.39, 0.29) is 12.4 Å². The predicted octanol–water partition coefficient (Wildman–Crippen LogP) is 5.49. The van der Waals surface area contributed by atoms with Gasteiger partial charge < -0.3 is 18.9 Å². The van der Waals surface area contributed by atoms with E-state index in [0.717, 1.165) is 5.56 Å². The second kappa shape index (κ2) is 10.3. The van der Waals surface area contributed by atoms with Gasteiger partial charge in [-0.2, -0.15) is 0 Å². The number of para-hydroxylation sites is 1. The van der Waals surface area contributed by atoms with Crippen LogP contribution >= 0.6 is 0 Å². The Balaban J connectivity index is 1.71. The summed E-state index contributed by atoms with van der Waals surface area (Å²) >= 11 is 0. The highest BCUT2D eigenvalue weighted by molar-refractivity contribution is 6.04. The molecule has 0 aliphatic rings. The summed E-state index contributed by atoms with van der Waals surface area (Å²) < 4.78 is 21.8. The monoisotopic (exact) mass is 471 g/mol. The molecule has 0 unspecified atom stereocenters. The fourth-order valence-electron chi connectivity index (χ4n) is 3.82. The van der Waals surface area contributed by atoms with Crippen LogP contribution in [0.3, 0.4) is 0 Å². The molecule has 0 spiro atoms. The number of pyridine rings is 1. The lowest BCUT2D eigenvalue weighted by molar-refractivity contribution is 0.0472. The van der Waals surface area contributed by atoms with Gasteiger partial charge in [-0.15, -0.1) is 0 Å². The lowest BCUT2D eigenvalue weighted by Gasteiger charge is -2.13. The van der Waals surface area contributed by atoms with Gasteiger partial charge in [0.2, 0.25) is 0 Å². The Kier molecular flexibility index (Phi) is 6.96. The summed E-state index contributed by atoms with van der Waals surface area (Å²) in [6.07, 6.45) is 0. The van der Waals surface area contributed by atoms with E-state index in [0.29, 0.717) is 50.5 Å². The molecule has 35 heavy (non-hydrogen) atoms. The zero-order chi connectivity index (χ0) is 24.9. The molecule has 0 bridgehead atoms. The molecular weight excluding hydrogens is 446 g/mol. The summed E-state index contributed by atoms with van der Waals surface area (Å²) in [6.45, 7) is 1.43. The lowest BCUT2D eigenvalue weighted by Crippen LogP contribution is -2.08. The van der Waals surface area contributed by atoms with Crippen molar-refractivity contribution >= 4 is 22.7 Å².